The molecule has 1 amide bonds. The number of ether oxygens (including phenoxy) is 2. The molecule has 1 aromatic carbocycles. The lowest BCUT2D eigenvalue weighted by Gasteiger charge is -2.12. The van der Waals surface area contributed by atoms with Crippen molar-refractivity contribution in [3.05, 3.63) is 18.2 Å². The summed E-state index contributed by atoms with van der Waals surface area (Å²) in [6.07, 6.45) is 0. The molecule has 0 aliphatic carbocycles. The van der Waals surface area contributed by atoms with Crippen molar-refractivity contribution in [1.29, 1.82) is 0 Å². The molecule has 1 rings (SSSR count). The third-order valence-electron chi connectivity index (χ3n) is 2.35. The summed E-state index contributed by atoms with van der Waals surface area (Å²) in [5.41, 5.74) is 0.633. The van der Waals surface area contributed by atoms with Gasteiger partial charge in [-0.05, 0) is 12.1 Å². The maximum absolute atomic E-state index is 11.7. The van der Waals surface area contributed by atoms with Crippen molar-refractivity contribution in [2.45, 2.75) is 19.9 Å². The van der Waals surface area contributed by atoms with E-state index in [1.54, 1.807) is 32.4 Å². The lowest BCUT2D eigenvalue weighted by atomic mass is 10.2. The van der Waals surface area contributed by atoms with Gasteiger partial charge in [0.05, 0.1) is 26.5 Å². The highest BCUT2D eigenvalue weighted by molar-refractivity contribution is 5.93. The van der Waals surface area contributed by atoms with E-state index in [1.165, 1.54) is 0 Å². The average molecular weight is 252 g/mol. The molecule has 0 radical (unpaired) electrons. The highest BCUT2D eigenvalue weighted by atomic mass is 16.5. The van der Waals surface area contributed by atoms with Gasteiger partial charge in [-0.15, -0.1) is 0 Å². The van der Waals surface area contributed by atoms with Crippen LogP contribution in [0.2, 0.25) is 0 Å². The molecule has 5 nitrogen and oxygen atoms in total. The van der Waals surface area contributed by atoms with Crippen molar-refractivity contribution >= 4 is 11.6 Å². The van der Waals surface area contributed by atoms with Gasteiger partial charge in [-0.3, -0.25) is 4.79 Å². The molecule has 5 heteroatoms. The van der Waals surface area contributed by atoms with Crippen LogP contribution in [0.4, 0.5) is 5.69 Å². The van der Waals surface area contributed by atoms with Crippen LogP contribution in [-0.4, -0.2) is 32.7 Å². The fraction of sp³-hybridized carbons (Fsp3) is 0.462. The molecule has 0 saturated heterocycles. The first-order valence-corrected chi connectivity index (χ1v) is 5.82. The Bertz CT molecular complexity index is 405. The Balaban J connectivity index is 2.68. The minimum Gasteiger partial charge on any atom is -0.497 e. The highest BCUT2D eigenvalue weighted by Crippen LogP contribution is 2.28. The fourth-order valence-corrected chi connectivity index (χ4v) is 1.39. The van der Waals surface area contributed by atoms with Crippen LogP contribution < -0.4 is 20.1 Å². The van der Waals surface area contributed by atoms with Gasteiger partial charge in [0.2, 0.25) is 5.91 Å². The lowest BCUT2D eigenvalue weighted by Crippen LogP contribution is -2.32. The van der Waals surface area contributed by atoms with E-state index in [4.69, 9.17) is 9.47 Å². The summed E-state index contributed by atoms with van der Waals surface area (Å²) in [7, 11) is 3.14. The highest BCUT2D eigenvalue weighted by Gasteiger charge is 2.08. The van der Waals surface area contributed by atoms with Crippen molar-refractivity contribution in [3.8, 4) is 11.5 Å². The Morgan fingerprint density at radius 3 is 2.56 bits per heavy atom. The summed E-state index contributed by atoms with van der Waals surface area (Å²) < 4.78 is 10.3. The maximum Gasteiger partial charge on any atom is 0.238 e. The minimum atomic E-state index is -0.104. The molecule has 2 N–H and O–H groups in total. The predicted molar refractivity (Wildman–Crippen MR) is 71.3 cm³/mol. The first-order valence-electron chi connectivity index (χ1n) is 5.82. The van der Waals surface area contributed by atoms with Crippen LogP contribution in [-0.2, 0) is 4.79 Å². The van der Waals surface area contributed by atoms with E-state index < -0.39 is 0 Å². The smallest absolute Gasteiger partial charge is 0.238 e. The summed E-state index contributed by atoms with van der Waals surface area (Å²) in [6.45, 7) is 4.25. The Kier molecular flexibility index (Phi) is 5.45. The predicted octanol–water partition coefficient (Wildman–Crippen LogP) is 1.64. The normalized spacial score (nSPS) is 10.3. The monoisotopic (exact) mass is 252 g/mol. The summed E-state index contributed by atoms with van der Waals surface area (Å²) in [4.78, 5) is 11.7. The largest absolute Gasteiger partial charge is 0.497 e. The fourth-order valence-electron chi connectivity index (χ4n) is 1.39. The molecule has 1 aromatic rings. The van der Waals surface area contributed by atoms with Crippen LogP contribution in [0.25, 0.3) is 0 Å². The summed E-state index contributed by atoms with van der Waals surface area (Å²) in [6, 6.07) is 5.53. The zero-order valence-electron chi connectivity index (χ0n) is 11.2. The van der Waals surface area contributed by atoms with E-state index in [2.05, 4.69) is 10.6 Å². The van der Waals surface area contributed by atoms with Crippen LogP contribution in [0.5, 0.6) is 11.5 Å². The molecule has 100 valence electrons. The molecular weight excluding hydrogens is 232 g/mol. The van der Waals surface area contributed by atoms with Gasteiger partial charge < -0.3 is 20.1 Å². The quantitative estimate of drug-likeness (QED) is 0.808. The second kappa shape index (κ2) is 6.86. The third-order valence-corrected chi connectivity index (χ3v) is 2.35. The van der Waals surface area contributed by atoms with Crippen LogP contribution in [0.1, 0.15) is 13.8 Å². The number of hydrogen-bond acceptors (Lipinski definition) is 4. The molecule has 0 heterocycles. The molecular formula is C13H20N2O3. The molecule has 0 aromatic heterocycles. The number of rotatable bonds is 6. The Morgan fingerprint density at radius 1 is 1.28 bits per heavy atom. The molecule has 0 aliphatic rings. The van der Waals surface area contributed by atoms with Gasteiger partial charge in [0.25, 0.3) is 0 Å². The van der Waals surface area contributed by atoms with Crippen molar-refractivity contribution in [2.24, 2.45) is 0 Å². The number of methoxy groups -OCH3 is 2. The first kappa shape index (κ1) is 14.3. The molecule has 0 fully saturated rings. The molecule has 0 bridgehead atoms. The standard InChI is InChI=1S/C13H20N2O3/c1-9(2)14-8-13(16)15-11-6-5-10(17-3)7-12(11)18-4/h5-7,9,14H,8H2,1-4H3,(H,15,16). The number of amides is 1. The van der Waals surface area contributed by atoms with Crippen molar-refractivity contribution < 1.29 is 14.3 Å². The van der Waals surface area contributed by atoms with Gasteiger partial charge >= 0.3 is 0 Å². The zero-order valence-corrected chi connectivity index (χ0v) is 11.2. The number of hydrogen-bond donors (Lipinski definition) is 2. The second-order valence-electron chi connectivity index (χ2n) is 4.15. The molecule has 0 saturated carbocycles. The zero-order chi connectivity index (χ0) is 13.5. The molecule has 0 aliphatic heterocycles. The third kappa shape index (κ3) is 4.25. The van der Waals surface area contributed by atoms with E-state index in [0.717, 1.165) is 0 Å². The second-order valence-corrected chi connectivity index (χ2v) is 4.15. The summed E-state index contributed by atoms with van der Waals surface area (Å²) in [5.74, 6) is 1.16. The Labute approximate surface area is 107 Å². The number of benzene rings is 1. The van der Waals surface area contributed by atoms with Crippen LogP contribution >= 0.6 is 0 Å². The molecule has 0 spiro atoms. The van der Waals surface area contributed by atoms with Gasteiger partial charge in [-0.1, -0.05) is 13.8 Å². The van der Waals surface area contributed by atoms with Gasteiger partial charge in [0.15, 0.2) is 0 Å². The summed E-state index contributed by atoms with van der Waals surface area (Å²) in [5, 5.41) is 5.83. The van der Waals surface area contributed by atoms with Crippen molar-refractivity contribution in [1.82, 2.24) is 5.32 Å². The first-order chi connectivity index (χ1) is 8.56. The number of anilines is 1. The van der Waals surface area contributed by atoms with E-state index >= 15 is 0 Å². The Morgan fingerprint density at radius 2 is 2.00 bits per heavy atom. The van der Waals surface area contributed by atoms with Gasteiger partial charge in [-0.2, -0.15) is 0 Å². The van der Waals surface area contributed by atoms with Crippen LogP contribution in [0.3, 0.4) is 0 Å². The van der Waals surface area contributed by atoms with E-state index in [1.807, 2.05) is 13.8 Å². The van der Waals surface area contributed by atoms with Crippen LogP contribution in [0.15, 0.2) is 18.2 Å². The van der Waals surface area contributed by atoms with Gasteiger partial charge in [0.1, 0.15) is 11.5 Å². The lowest BCUT2D eigenvalue weighted by molar-refractivity contribution is -0.115. The Hall–Kier alpha value is -1.75. The summed E-state index contributed by atoms with van der Waals surface area (Å²) >= 11 is 0. The molecule has 0 unspecified atom stereocenters. The number of carbonyl (C=O) groups is 1. The van der Waals surface area contributed by atoms with Gasteiger partial charge in [0, 0.05) is 12.1 Å². The van der Waals surface area contributed by atoms with Crippen molar-refractivity contribution in [3.63, 3.8) is 0 Å². The topological polar surface area (TPSA) is 59.6 Å². The molecule has 18 heavy (non-hydrogen) atoms. The average Bonchev–Trinajstić information content (AvgIpc) is 2.36. The molecule has 0 atom stereocenters. The van der Waals surface area contributed by atoms with E-state index in [9.17, 15) is 4.79 Å². The van der Waals surface area contributed by atoms with Crippen LogP contribution in [0, 0.1) is 0 Å². The van der Waals surface area contributed by atoms with Crippen molar-refractivity contribution in [2.75, 3.05) is 26.1 Å². The van der Waals surface area contributed by atoms with Gasteiger partial charge in [-0.25, -0.2) is 0 Å². The number of carbonyl (C=O) groups excluding carboxylic acids is 1. The van der Waals surface area contributed by atoms with E-state index in [0.29, 0.717) is 17.2 Å². The minimum absolute atomic E-state index is 0.104. The SMILES string of the molecule is COc1ccc(NC(=O)CNC(C)C)c(OC)c1. The number of nitrogens with one attached hydrogen (secondary N) is 2. The maximum atomic E-state index is 11.7. The van der Waals surface area contributed by atoms with E-state index in [-0.39, 0.29) is 18.5 Å².